The maximum Gasteiger partial charge on any atom is 0.254 e. The standard InChI is InChI=1S/C13H13ClF2N2O2/c14-7-4-8(15)6(3-9(7)16)13(19)18-11-10(17)5-1-2-20-12(5)11/h3-5,10-12H,1-2,17H2,(H,18,19). The van der Waals surface area contributed by atoms with Crippen LogP contribution in [0.4, 0.5) is 8.78 Å². The number of amides is 1. The Hall–Kier alpha value is -1.24. The molecular weight excluding hydrogens is 290 g/mol. The van der Waals surface area contributed by atoms with E-state index in [1.54, 1.807) is 0 Å². The van der Waals surface area contributed by atoms with E-state index in [-0.39, 0.29) is 34.7 Å². The molecular formula is C13H13ClF2N2O2. The van der Waals surface area contributed by atoms with Gasteiger partial charge in [-0.1, -0.05) is 11.6 Å². The molecule has 1 amide bonds. The molecule has 1 aromatic rings. The second-order valence-corrected chi connectivity index (χ2v) is 5.52. The largest absolute Gasteiger partial charge is 0.376 e. The Morgan fingerprint density at radius 3 is 2.90 bits per heavy atom. The first kappa shape index (κ1) is 13.7. The Balaban J connectivity index is 1.75. The molecule has 3 rings (SSSR count). The minimum absolute atomic E-state index is 0.130. The summed E-state index contributed by atoms with van der Waals surface area (Å²) in [5, 5.41) is 2.24. The molecule has 0 radical (unpaired) electrons. The van der Waals surface area contributed by atoms with Gasteiger partial charge in [0.15, 0.2) is 0 Å². The van der Waals surface area contributed by atoms with Crippen LogP contribution in [0.2, 0.25) is 5.02 Å². The summed E-state index contributed by atoms with van der Waals surface area (Å²) in [5.74, 6) is -2.20. The van der Waals surface area contributed by atoms with Gasteiger partial charge < -0.3 is 15.8 Å². The van der Waals surface area contributed by atoms with Crippen molar-refractivity contribution in [3.8, 4) is 0 Å². The van der Waals surface area contributed by atoms with Crippen LogP contribution in [0.5, 0.6) is 0 Å². The molecule has 0 spiro atoms. The molecule has 1 saturated carbocycles. The fraction of sp³-hybridized carbons (Fsp3) is 0.462. The highest BCUT2D eigenvalue weighted by molar-refractivity contribution is 6.30. The average Bonchev–Trinajstić information content (AvgIpc) is 2.84. The first-order valence-corrected chi connectivity index (χ1v) is 6.69. The summed E-state index contributed by atoms with van der Waals surface area (Å²) in [4.78, 5) is 12.0. The maximum absolute atomic E-state index is 13.6. The summed E-state index contributed by atoms with van der Waals surface area (Å²) >= 11 is 5.44. The van der Waals surface area contributed by atoms with Crippen molar-refractivity contribution in [2.45, 2.75) is 24.6 Å². The Bertz CT molecular complexity index is 570. The van der Waals surface area contributed by atoms with E-state index >= 15 is 0 Å². The monoisotopic (exact) mass is 302 g/mol. The molecule has 1 heterocycles. The van der Waals surface area contributed by atoms with E-state index in [1.807, 2.05) is 0 Å². The number of hydrogen-bond donors (Lipinski definition) is 2. The van der Waals surface area contributed by atoms with Gasteiger partial charge in [0.1, 0.15) is 11.6 Å². The summed E-state index contributed by atoms with van der Waals surface area (Å²) in [5.41, 5.74) is 5.55. The zero-order valence-corrected chi connectivity index (χ0v) is 11.2. The van der Waals surface area contributed by atoms with Gasteiger partial charge in [-0.25, -0.2) is 8.78 Å². The van der Waals surface area contributed by atoms with Crippen LogP contribution in [-0.4, -0.2) is 30.7 Å². The van der Waals surface area contributed by atoms with Gasteiger partial charge in [0.2, 0.25) is 0 Å². The molecule has 20 heavy (non-hydrogen) atoms. The SMILES string of the molecule is NC1C2CCOC2C1NC(=O)c1cc(F)c(Cl)cc1F. The van der Waals surface area contributed by atoms with Gasteiger partial charge in [-0.2, -0.15) is 0 Å². The van der Waals surface area contributed by atoms with Crippen molar-refractivity contribution in [3.63, 3.8) is 0 Å². The average molecular weight is 303 g/mol. The Morgan fingerprint density at radius 2 is 2.15 bits per heavy atom. The molecule has 1 aliphatic carbocycles. The third-order valence-electron chi connectivity index (χ3n) is 4.00. The molecule has 1 aromatic carbocycles. The highest BCUT2D eigenvalue weighted by atomic mass is 35.5. The topological polar surface area (TPSA) is 64.3 Å². The number of nitrogens with one attached hydrogen (secondary N) is 1. The maximum atomic E-state index is 13.6. The molecule has 4 atom stereocenters. The van der Waals surface area contributed by atoms with Gasteiger partial charge in [-0.05, 0) is 18.6 Å². The molecule has 7 heteroatoms. The van der Waals surface area contributed by atoms with Gasteiger partial charge in [0.05, 0.1) is 22.7 Å². The van der Waals surface area contributed by atoms with Crippen molar-refractivity contribution in [3.05, 3.63) is 34.4 Å². The van der Waals surface area contributed by atoms with E-state index in [2.05, 4.69) is 5.32 Å². The van der Waals surface area contributed by atoms with Crippen molar-refractivity contribution >= 4 is 17.5 Å². The second-order valence-electron chi connectivity index (χ2n) is 5.11. The van der Waals surface area contributed by atoms with E-state index in [0.717, 1.165) is 18.6 Å². The predicted octanol–water partition coefficient (Wildman–Crippen LogP) is 1.46. The smallest absolute Gasteiger partial charge is 0.254 e. The van der Waals surface area contributed by atoms with E-state index in [1.165, 1.54) is 0 Å². The second kappa shape index (κ2) is 4.95. The highest BCUT2D eigenvalue weighted by Crippen LogP contribution is 2.37. The van der Waals surface area contributed by atoms with Crippen LogP contribution < -0.4 is 11.1 Å². The fourth-order valence-corrected chi connectivity index (χ4v) is 3.00. The van der Waals surface area contributed by atoms with Gasteiger partial charge >= 0.3 is 0 Å². The number of nitrogens with two attached hydrogens (primary N) is 1. The summed E-state index contributed by atoms with van der Waals surface area (Å²) in [7, 11) is 0. The van der Waals surface area contributed by atoms with E-state index in [9.17, 15) is 13.6 Å². The lowest BCUT2D eigenvalue weighted by Gasteiger charge is -2.45. The lowest BCUT2D eigenvalue weighted by Crippen LogP contribution is -2.69. The Morgan fingerprint density at radius 1 is 1.40 bits per heavy atom. The van der Waals surface area contributed by atoms with Crippen molar-refractivity contribution in [1.82, 2.24) is 5.32 Å². The number of ether oxygens (including phenoxy) is 1. The molecule has 0 bridgehead atoms. The minimum Gasteiger partial charge on any atom is -0.376 e. The number of rotatable bonds is 2. The van der Waals surface area contributed by atoms with Gasteiger partial charge in [-0.15, -0.1) is 0 Å². The van der Waals surface area contributed by atoms with Crippen LogP contribution in [0.1, 0.15) is 16.8 Å². The molecule has 108 valence electrons. The van der Waals surface area contributed by atoms with Crippen LogP contribution in [0, 0.1) is 17.6 Å². The van der Waals surface area contributed by atoms with E-state index in [0.29, 0.717) is 6.61 Å². The highest BCUT2D eigenvalue weighted by Gasteiger charge is 2.52. The quantitative estimate of drug-likeness (QED) is 0.813. The van der Waals surface area contributed by atoms with Gasteiger partial charge in [0.25, 0.3) is 5.91 Å². The number of halogens is 3. The lowest BCUT2D eigenvalue weighted by atomic mass is 9.72. The summed E-state index contributed by atoms with van der Waals surface area (Å²) in [6.07, 6.45) is 0.733. The lowest BCUT2D eigenvalue weighted by molar-refractivity contribution is -0.0161. The minimum atomic E-state index is -0.870. The first-order chi connectivity index (χ1) is 9.49. The number of fused-ring (bicyclic) bond motifs is 1. The summed E-state index contributed by atoms with van der Waals surface area (Å²) in [6, 6.07) is 0.978. The number of carbonyl (C=O) groups is 1. The molecule has 1 aliphatic heterocycles. The summed E-state index contributed by atoms with van der Waals surface area (Å²) in [6.45, 7) is 0.610. The van der Waals surface area contributed by atoms with Crippen LogP contribution in [0.25, 0.3) is 0 Å². The van der Waals surface area contributed by atoms with Crippen molar-refractivity contribution in [2.75, 3.05) is 6.61 Å². The third kappa shape index (κ3) is 2.08. The molecule has 3 N–H and O–H groups in total. The zero-order chi connectivity index (χ0) is 14.4. The molecule has 1 saturated heterocycles. The number of benzene rings is 1. The van der Waals surface area contributed by atoms with Crippen LogP contribution >= 0.6 is 11.6 Å². The molecule has 2 aliphatic rings. The van der Waals surface area contributed by atoms with Crippen LogP contribution in [-0.2, 0) is 4.74 Å². The van der Waals surface area contributed by atoms with Crippen molar-refractivity contribution < 1.29 is 18.3 Å². The van der Waals surface area contributed by atoms with Gasteiger partial charge in [-0.3, -0.25) is 4.79 Å². The Labute approximate surface area is 119 Å². The van der Waals surface area contributed by atoms with Crippen LogP contribution in [0.3, 0.4) is 0 Å². The summed E-state index contributed by atoms with van der Waals surface area (Å²) < 4.78 is 32.4. The van der Waals surface area contributed by atoms with Crippen LogP contribution in [0.15, 0.2) is 12.1 Å². The molecule has 4 nitrogen and oxygen atoms in total. The van der Waals surface area contributed by atoms with E-state index < -0.39 is 17.5 Å². The van der Waals surface area contributed by atoms with Gasteiger partial charge in [0, 0.05) is 18.6 Å². The molecule has 2 fully saturated rings. The normalized spacial score (nSPS) is 31.6. The number of hydrogen-bond acceptors (Lipinski definition) is 3. The molecule has 4 unspecified atom stereocenters. The zero-order valence-electron chi connectivity index (χ0n) is 10.4. The first-order valence-electron chi connectivity index (χ1n) is 6.31. The fourth-order valence-electron chi connectivity index (χ4n) is 2.85. The third-order valence-corrected chi connectivity index (χ3v) is 4.29. The van der Waals surface area contributed by atoms with E-state index in [4.69, 9.17) is 22.1 Å². The van der Waals surface area contributed by atoms with Crippen molar-refractivity contribution in [2.24, 2.45) is 11.7 Å². The number of carbonyl (C=O) groups excluding carboxylic acids is 1. The molecule has 0 aromatic heterocycles. The predicted molar refractivity (Wildman–Crippen MR) is 68.4 cm³/mol. The van der Waals surface area contributed by atoms with Crippen molar-refractivity contribution in [1.29, 1.82) is 0 Å². The Kier molecular flexibility index (Phi) is 3.40.